The fourth-order valence-electron chi connectivity index (χ4n) is 2.99. The van der Waals surface area contributed by atoms with Crippen LogP contribution in [0.5, 0.6) is 5.75 Å². The lowest BCUT2D eigenvalue weighted by atomic mass is 9.83. The maximum absolute atomic E-state index is 12.3. The fourth-order valence-corrected chi connectivity index (χ4v) is 2.99. The van der Waals surface area contributed by atoms with Crippen molar-refractivity contribution in [2.75, 3.05) is 26.9 Å². The molecule has 0 aliphatic carbocycles. The van der Waals surface area contributed by atoms with Crippen molar-refractivity contribution in [1.29, 1.82) is 0 Å². The lowest BCUT2D eigenvalue weighted by Crippen LogP contribution is -2.35. The maximum atomic E-state index is 12.3. The summed E-state index contributed by atoms with van der Waals surface area (Å²) in [7, 11) is 1.60. The number of esters is 2. The van der Waals surface area contributed by atoms with E-state index in [2.05, 4.69) is 0 Å². The molecule has 0 radical (unpaired) electrons. The van der Waals surface area contributed by atoms with E-state index in [0.29, 0.717) is 13.0 Å². The van der Waals surface area contributed by atoms with Gasteiger partial charge in [0.2, 0.25) is 0 Å². The fraction of sp³-hybridized carbons (Fsp3) is 0.556. The molecule has 6 nitrogen and oxygen atoms in total. The molecule has 0 N–H and O–H groups in total. The topological polar surface area (TPSA) is 71.1 Å². The second-order valence-electron chi connectivity index (χ2n) is 5.50. The number of carbonyl (C=O) groups is 2. The van der Waals surface area contributed by atoms with Crippen LogP contribution in [-0.2, 0) is 23.8 Å². The van der Waals surface area contributed by atoms with Crippen LogP contribution in [0.2, 0.25) is 0 Å². The highest BCUT2D eigenvalue weighted by Crippen LogP contribution is 2.40. The Balaban J connectivity index is 2.25. The summed E-state index contributed by atoms with van der Waals surface area (Å²) in [5.41, 5.74) is 0.900. The molecule has 0 spiro atoms. The molecule has 1 saturated heterocycles. The summed E-state index contributed by atoms with van der Waals surface area (Å²) in [5.74, 6) is -1.65. The van der Waals surface area contributed by atoms with Crippen molar-refractivity contribution in [3.8, 4) is 5.75 Å². The lowest BCUT2D eigenvalue weighted by molar-refractivity contribution is -0.165. The zero-order chi connectivity index (χ0) is 17.5. The van der Waals surface area contributed by atoms with E-state index >= 15 is 0 Å². The number of ether oxygens (including phenoxy) is 4. The van der Waals surface area contributed by atoms with Gasteiger partial charge in [0.05, 0.1) is 26.4 Å². The highest BCUT2D eigenvalue weighted by Gasteiger charge is 2.45. The van der Waals surface area contributed by atoms with E-state index in [1.807, 2.05) is 24.3 Å². The number of benzene rings is 1. The van der Waals surface area contributed by atoms with Gasteiger partial charge in [-0.3, -0.25) is 9.59 Å². The number of methoxy groups -OCH3 is 1. The standard InChI is InChI=1S/C18H24O6/c1-4-22-17(19)15(18(20)23-5-2)14-10-11-24-16(14)12-6-8-13(21-3)9-7-12/h6-9,14-16H,4-5,10-11H2,1-3H3. The van der Waals surface area contributed by atoms with E-state index in [-0.39, 0.29) is 25.2 Å². The van der Waals surface area contributed by atoms with Gasteiger partial charge in [-0.1, -0.05) is 12.1 Å². The average molecular weight is 336 g/mol. The molecular weight excluding hydrogens is 312 g/mol. The van der Waals surface area contributed by atoms with E-state index in [1.54, 1.807) is 21.0 Å². The third-order valence-electron chi connectivity index (χ3n) is 4.09. The van der Waals surface area contributed by atoms with Gasteiger partial charge in [0, 0.05) is 12.5 Å². The Bertz CT molecular complexity index is 535. The summed E-state index contributed by atoms with van der Waals surface area (Å²) in [4.78, 5) is 24.7. The minimum Gasteiger partial charge on any atom is -0.497 e. The quantitative estimate of drug-likeness (QED) is 0.563. The second-order valence-corrected chi connectivity index (χ2v) is 5.50. The van der Waals surface area contributed by atoms with Crippen molar-refractivity contribution in [3.63, 3.8) is 0 Å². The highest BCUT2D eigenvalue weighted by molar-refractivity contribution is 5.95. The summed E-state index contributed by atoms with van der Waals surface area (Å²) >= 11 is 0. The Labute approximate surface area is 142 Å². The van der Waals surface area contributed by atoms with Crippen LogP contribution in [0.15, 0.2) is 24.3 Å². The number of rotatable bonds is 7. The molecular formula is C18H24O6. The van der Waals surface area contributed by atoms with Gasteiger partial charge in [-0.05, 0) is 38.0 Å². The number of carbonyl (C=O) groups excluding carboxylic acids is 2. The molecule has 0 aromatic heterocycles. The molecule has 0 bridgehead atoms. The van der Waals surface area contributed by atoms with E-state index in [4.69, 9.17) is 18.9 Å². The molecule has 1 aromatic rings. The predicted octanol–water partition coefficient (Wildman–Crippen LogP) is 2.52. The summed E-state index contributed by atoms with van der Waals surface area (Å²) in [6.07, 6.45) is 0.244. The molecule has 0 saturated carbocycles. The summed E-state index contributed by atoms with van der Waals surface area (Å²) in [6.45, 7) is 4.35. The van der Waals surface area contributed by atoms with Gasteiger partial charge in [0.15, 0.2) is 5.92 Å². The second kappa shape index (κ2) is 8.68. The molecule has 1 heterocycles. The molecule has 1 aliphatic rings. The van der Waals surface area contributed by atoms with Crippen LogP contribution in [-0.4, -0.2) is 38.9 Å². The zero-order valence-corrected chi connectivity index (χ0v) is 14.3. The van der Waals surface area contributed by atoms with Crippen LogP contribution < -0.4 is 4.74 Å². The molecule has 2 atom stereocenters. The van der Waals surface area contributed by atoms with Gasteiger partial charge in [0.1, 0.15) is 5.75 Å². The van der Waals surface area contributed by atoms with Crippen molar-refractivity contribution in [2.45, 2.75) is 26.4 Å². The Morgan fingerprint density at radius 2 is 1.71 bits per heavy atom. The van der Waals surface area contributed by atoms with Crippen molar-refractivity contribution in [2.24, 2.45) is 11.8 Å². The van der Waals surface area contributed by atoms with Crippen LogP contribution in [0.4, 0.5) is 0 Å². The van der Waals surface area contributed by atoms with Crippen molar-refractivity contribution in [3.05, 3.63) is 29.8 Å². The predicted molar refractivity (Wildman–Crippen MR) is 86.6 cm³/mol. The van der Waals surface area contributed by atoms with E-state index < -0.39 is 17.9 Å². The average Bonchev–Trinajstić information content (AvgIpc) is 3.05. The molecule has 24 heavy (non-hydrogen) atoms. The molecule has 1 fully saturated rings. The van der Waals surface area contributed by atoms with Gasteiger partial charge in [-0.2, -0.15) is 0 Å². The van der Waals surface area contributed by atoms with Gasteiger partial charge >= 0.3 is 11.9 Å². The smallest absolute Gasteiger partial charge is 0.320 e. The van der Waals surface area contributed by atoms with E-state index in [1.165, 1.54) is 0 Å². The molecule has 6 heteroatoms. The maximum Gasteiger partial charge on any atom is 0.320 e. The van der Waals surface area contributed by atoms with Gasteiger partial charge in [0.25, 0.3) is 0 Å². The monoisotopic (exact) mass is 336 g/mol. The molecule has 2 unspecified atom stereocenters. The Hall–Kier alpha value is -2.08. The molecule has 0 amide bonds. The van der Waals surface area contributed by atoms with Crippen molar-refractivity contribution < 1.29 is 28.5 Å². The van der Waals surface area contributed by atoms with E-state index in [9.17, 15) is 9.59 Å². The van der Waals surface area contributed by atoms with Crippen LogP contribution in [0, 0.1) is 11.8 Å². The zero-order valence-electron chi connectivity index (χ0n) is 14.3. The lowest BCUT2D eigenvalue weighted by Gasteiger charge is -2.25. The SMILES string of the molecule is CCOC(=O)C(C(=O)OCC)C1CCOC1c1ccc(OC)cc1. The first-order valence-electron chi connectivity index (χ1n) is 8.21. The summed E-state index contributed by atoms with van der Waals surface area (Å²) < 4.78 is 21.1. The van der Waals surface area contributed by atoms with Gasteiger partial charge < -0.3 is 18.9 Å². The summed E-state index contributed by atoms with van der Waals surface area (Å²) in [6, 6.07) is 7.43. The first-order valence-corrected chi connectivity index (χ1v) is 8.21. The molecule has 2 rings (SSSR count). The van der Waals surface area contributed by atoms with Gasteiger partial charge in [-0.15, -0.1) is 0 Å². The first kappa shape index (κ1) is 18.3. The van der Waals surface area contributed by atoms with Gasteiger partial charge in [-0.25, -0.2) is 0 Å². The third-order valence-corrected chi connectivity index (χ3v) is 4.09. The minimum absolute atomic E-state index is 0.218. The third kappa shape index (κ3) is 4.06. The minimum atomic E-state index is -0.973. The van der Waals surface area contributed by atoms with Crippen LogP contribution in [0.3, 0.4) is 0 Å². The molecule has 1 aliphatic heterocycles. The van der Waals surface area contributed by atoms with E-state index in [0.717, 1.165) is 11.3 Å². The first-order chi connectivity index (χ1) is 11.6. The Kier molecular flexibility index (Phi) is 6.61. The summed E-state index contributed by atoms with van der Waals surface area (Å²) in [5, 5.41) is 0. The van der Waals surface area contributed by atoms with Crippen LogP contribution in [0.1, 0.15) is 31.9 Å². The normalized spacial score (nSPS) is 20.0. The molecule has 132 valence electrons. The number of hydrogen-bond acceptors (Lipinski definition) is 6. The molecule has 1 aromatic carbocycles. The highest BCUT2D eigenvalue weighted by atomic mass is 16.6. The Morgan fingerprint density at radius 1 is 1.12 bits per heavy atom. The largest absolute Gasteiger partial charge is 0.497 e. The number of hydrogen-bond donors (Lipinski definition) is 0. The van der Waals surface area contributed by atoms with Crippen molar-refractivity contribution in [1.82, 2.24) is 0 Å². The van der Waals surface area contributed by atoms with Crippen LogP contribution in [0.25, 0.3) is 0 Å². The Morgan fingerprint density at radius 3 is 2.21 bits per heavy atom. The van der Waals surface area contributed by atoms with Crippen LogP contribution >= 0.6 is 0 Å². The van der Waals surface area contributed by atoms with Crippen molar-refractivity contribution >= 4 is 11.9 Å².